The molecule has 0 aliphatic carbocycles. The number of anilines is 1. The van der Waals surface area contributed by atoms with Crippen molar-refractivity contribution in [1.29, 1.82) is 0 Å². The molecule has 0 spiro atoms. The third kappa shape index (κ3) is 2.53. The monoisotopic (exact) mass is 336 g/mol. The van der Waals surface area contributed by atoms with Gasteiger partial charge in [0, 0.05) is 25.5 Å². The Morgan fingerprint density at radius 2 is 1.84 bits per heavy atom. The van der Waals surface area contributed by atoms with Crippen molar-refractivity contribution in [3.05, 3.63) is 60.4 Å². The SMILES string of the molecule is O=C(c1cccnc1)N1CCN2C(=O)N(c3ccccc3)C(=O)[C@@H]2C1. The number of benzene rings is 1. The number of hydrogen-bond acceptors (Lipinski definition) is 4. The molecule has 1 aromatic carbocycles. The first-order valence-corrected chi connectivity index (χ1v) is 8.06. The second-order valence-corrected chi connectivity index (χ2v) is 5.99. The van der Waals surface area contributed by atoms with E-state index in [0.29, 0.717) is 24.3 Å². The number of rotatable bonds is 2. The molecule has 7 nitrogen and oxygen atoms in total. The minimum absolute atomic E-state index is 0.175. The maximum atomic E-state index is 12.8. The molecule has 2 saturated heterocycles. The number of piperazine rings is 1. The molecule has 0 saturated carbocycles. The van der Waals surface area contributed by atoms with E-state index in [1.807, 2.05) is 6.07 Å². The van der Waals surface area contributed by atoms with Crippen LogP contribution in [-0.4, -0.2) is 58.3 Å². The molecule has 1 atom stereocenters. The zero-order valence-electron chi connectivity index (χ0n) is 13.4. The summed E-state index contributed by atoms with van der Waals surface area (Å²) in [6, 6.07) is 11.3. The highest BCUT2D eigenvalue weighted by Crippen LogP contribution is 2.27. The van der Waals surface area contributed by atoms with Gasteiger partial charge in [0.15, 0.2) is 0 Å². The van der Waals surface area contributed by atoms with E-state index in [0.717, 1.165) is 0 Å². The third-order valence-corrected chi connectivity index (χ3v) is 4.53. The standard InChI is InChI=1S/C18H16N4O3/c23-16(13-5-4-8-19-11-13)20-9-10-21-15(12-20)17(24)22(18(21)25)14-6-2-1-3-7-14/h1-8,11,15H,9-10,12H2/t15-/m0/s1. The van der Waals surface area contributed by atoms with Crippen molar-refractivity contribution in [2.75, 3.05) is 24.5 Å². The molecular formula is C18H16N4O3. The van der Waals surface area contributed by atoms with E-state index in [2.05, 4.69) is 4.98 Å². The first-order chi connectivity index (χ1) is 12.2. The van der Waals surface area contributed by atoms with Crippen molar-refractivity contribution in [3.63, 3.8) is 0 Å². The maximum absolute atomic E-state index is 12.8. The van der Waals surface area contributed by atoms with Gasteiger partial charge < -0.3 is 9.80 Å². The summed E-state index contributed by atoms with van der Waals surface area (Å²) >= 11 is 0. The van der Waals surface area contributed by atoms with Gasteiger partial charge in [0.05, 0.1) is 17.8 Å². The lowest BCUT2D eigenvalue weighted by molar-refractivity contribution is -0.120. The van der Waals surface area contributed by atoms with Crippen molar-refractivity contribution >= 4 is 23.5 Å². The van der Waals surface area contributed by atoms with Gasteiger partial charge >= 0.3 is 6.03 Å². The molecule has 2 aliphatic heterocycles. The molecule has 2 aromatic rings. The van der Waals surface area contributed by atoms with E-state index in [9.17, 15) is 14.4 Å². The normalized spacial score (nSPS) is 20.0. The first kappa shape index (κ1) is 15.3. The van der Waals surface area contributed by atoms with Gasteiger partial charge in [0.1, 0.15) is 6.04 Å². The Balaban J connectivity index is 1.56. The number of carbonyl (C=O) groups excluding carboxylic acids is 3. The number of fused-ring (bicyclic) bond motifs is 1. The molecule has 2 fully saturated rings. The molecule has 0 N–H and O–H groups in total. The van der Waals surface area contributed by atoms with E-state index in [1.165, 1.54) is 11.1 Å². The fraction of sp³-hybridized carbons (Fsp3) is 0.222. The molecular weight excluding hydrogens is 320 g/mol. The van der Waals surface area contributed by atoms with Gasteiger partial charge in [0.25, 0.3) is 11.8 Å². The predicted octanol–water partition coefficient (Wildman–Crippen LogP) is 1.37. The average Bonchev–Trinajstić information content (AvgIpc) is 2.92. The number of carbonyl (C=O) groups is 3. The summed E-state index contributed by atoms with van der Waals surface area (Å²) in [5, 5.41) is 0. The smallest absolute Gasteiger partial charge is 0.332 e. The molecule has 25 heavy (non-hydrogen) atoms. The van der Waals surface area contributed by atoms with Crippen LogP contribution in [0, 0.1) is 0 Å². The van der Waals surface area contributed by atoms with Crippen LogP contribution in [0.5, 0.6) is 0 Å². The molecule has 0 bridgehead atoms. The molecule has 1 aromatic heterocycles. The maximum Gasteiger partial charge on any atom is 0.332 e. The van der Waals surface area contributed by atoms with Crippen LogP contribution in [0.15, 0.2) is 54.9 Å². The Morgan fingerprint density at radius 1 is 1.04 bits per heavy atom. The van der Waals surface area contributed by atoms with Crippen molar-refractivity contribution in [3.8, 4) is 0 Å². The van der Waals surface area contributed by atoms with Crippen LogP contribution in [0.3, 0.4) is 0 Å². The number of pyridine rings is 1. The quantitative estimate of drug-likeness (QED) is 0.777. The minimum Gasteiger partial charge on any atom is -0.334 e. The average molecular weight is 336 g/mol. The Kier molecular flexibility index (Phi) is 3.68. The van der Waals surface area contributed by atoms with Crippen LogP contribution in [0.4, 0.5) is 10.5 Å². The summed E-state index contributed by atoms with van der Waals surface area (Å²) in [4.78, 5) is 46.3. The zero-order chi connectivity index (χ0) is 17.4. The van der Waals surface area contributed by atoms with Crippen LogP contribution in [0.2, 0.25) is 0 Å². The van der Waals surface area contributed by atoms with Crippen molar-refractivity contribution < 1.29 is 14.4 Å². The van der Waals surface area contributed by atoms with Gasteiger partial charge in [-0.2, -0.15) is 0 Å². The van der Waals surface area contributed by atoms with Crippen LogP contribution in [0.1, 0.15) is 10.4 Å². The number of aromatic nitrogens is 1. The minimum atomic E-state index is -0.637. The summed E-state index contributed by atoms with van der Waals surface area (Å²) in [5.41, 5.74) is 1.03. The number of para-hydroxylation sites is 1. The molecule has 4 amide bonds. The largest absolute Gasteiger partial charge is 0.334 e. The lowest BCUT2D eigenvalue weighted by Gasteiger charge is -2.35. The summed E-state index contributed by atoms with van der Waals surface area (Å²) in [5.74, 6) is -0.467. The van der Waals surface area contributed by atoms with Crippen molar-refractivity contribution in [1.82, 2.24) is 14.8 Å². The lowest BCUT2D eigenvalue weighted by atomic mass is 10.1. The van der Waals surface area contributed by atoms with Crippen LogP contribution < -0.4 is 4.90 Å². The van der Waals surface area contributed by atoms with E-state index in [-0.39, 0.29) is 24.4 Å². The van der Waals surface area contributed by atoms with Crippen molar-refractivity contribution in [2.24, 2.45) is 0 Å². The number of hydrogen-bond donors (Lipinski definition) is 0. The fourth-order valence-electron chi connectivity index (χ4n) is 3.27. The topological polar surface area (TPSA) is 73.8 Å². The third-order valence-electron chi connectivity index (χ3n) is 4.53. The summed E-state index contributed by atoms with van der Waals surface area (Å²) in [6.07, 6.45) is 3.11. The molecule has 7 heteroatoms. The molecule has 2 aliphatic rings. The van der Waals surface area contributed by atoms with Gasteiger partial charge in [-0.05, 0) is 24.3 Å². The fourth-order valence-corrected chi connectivity index (χ4v) is 3.27. The summed E-state index contributed by atoms with van der Waals surface area (Å²) in [6.45, 7) is 0.929. The van der Waals surface area contributed by atoms with Gasteiger partial charge in [-0.25, -0.2) is 9.69 Å². The first-order valence-electron chi connectivity index (χ1n) is 8.06. The Labute approximate surface area is 144 Å². The van der Waals surface area contributed by atoms with Gasteiger partial charge in [0.2, 0.25) is 0 Å². The molecule has 126 valence electrons. The van der Waals surface area contributed by atoms with Gasteiger partial charge in [-0.1, -0.05) is 18.2 Å². The molecule has 0 radical (unpaired) electrons. The van der Waals surface area contributed by atoms with E-state index < -0.39 is 6.04 Å². The molecule has 0 unspecified atom stereocenters. The zero-order valence-corrected chi connectivity index (χ0v) is 13.4. The highest BCUT2D eigenvalue weighted by atomic mass is 16.2. The van der Waals surface area contributed by atoms with Crippen LogP contribution >= 0.6 is 0 Å². The van der Waals surface area contributed by atoms with E-state index in [1.54, 1.807) is 52.4 Å². The second kappa shape index (κ2) is 6.01. The second-order valence-electron chi connectivity index (χ2n) is 5.99. The van der Waals surface area contributed by atoms with Gasteiger partial charge in [-0.3, -0.25) is 14.6 Å². The molecule has 4 rings (SSSR count). The highest BCUT2D eigenvalue weighted by Gasteiger charge is 2.48. The number of urea groups is 1. The molecule has 3 heterocycles. The van der Waals surface area contributed by atoms with E-state index >= 15 is 0 Å². The Bertz CT molecular complexity index is 825. The summed E-state index contributed by atoms with van der Waals surface area (Å²) < 4.78 is 0. The Morgan fingerprint density at radius 3 is 2.56 bits per heavy atom. The number of amides is 4. The van der Waals surface area contributed by atoms with Crippen molar-refractivity contribution in [2.45, 2.75) is 6.04 Å². The van der Waals surface area contributed by atoms with Crippen LogP contribution in [0.25, 0.3) is 0 Å². The van der Waals surface area contributed by atoms with Gasteiger partial charge in [-0.15, -0.1) is 0 Å². The van der Waals surface area contributed by atoms with E-state index in [4.69, 9.17) is 0 Å². The lowest BCUT2D eigenvalue weighted by Crippen LogP contribution is -2.54. The Hall–Kier alpha value is -3.22. The predicted molar refractivity (Wildman–Crippen MR) is 90.0 cm³/mol. The number of imide groups is 1. The highest BCUT2D eigenvalue weighted by molar-refractivity contribution is 6.21. The number of nitrogens with zero attached hydrogens (tertiary/aromatic N) is 4. The summed E-state index contributed by atoms with van der Waals surface area (Å²) in [7, 11) is 0. The van der Waals surface area contributed by atoms with Crippen LogP contribution in [-0.2, 0) is 4.79 Å².